The van der Waals surface area contributed by atoms with Crippen LogP contribution in [0.4, 0.5) is 31.3 Å². The summed E-state index contributed by atoms with van der Waals surface area (Å²) >= 11 is 0. The van der Waals surface area contributed by atoms with Crippen LogP contribution in [-0.2, 0) is 4.74 Å². The molecule has 10 nitrogen and oxygen atoms in total. The Morgan fingerprint density at radius 3 is 2.41 bits per heavy atom. The van der Waals surface area contributed by atoms with Crippen LogP contribution in [0, 0.1) is 5.82 Å². The Morgan fingerprint density at radius 1 is 1.03 bits per heavy atom. The number of carbonyl (C=O) groups excluding carboxylic acids is 1. The average molecular weight is 533 g/mol. The van der Waals surface area contributed by atoms with Gasteiger partial charge < -0.3 is 25.0 Å². The highest BCUT2D eigenvalue weighted by molar-refractivity contribution is 5.99. The molecule has 3 heterocycles. The predicted molar refractivity (Wildman–Crippen MR) is 146 cm³/mol. The van der Waals surface area contributed by atoms with Crippen molar-refractivity contribution in [3.63, 3.8) is 0 Å². The van der Waals surface area contributed by atoms with Gasteiger partial charge >= 0.3 is 12.2 Å². The van der Waals surface area contributed by atoms with E-state index in [-0.39, 0.29) is 6.09 Å². The van der Waals surface area contributed by atoms with Gasteiger partial charge in [0.15, 0.2) is 0 Å². The third-order valence-electron chi connectivity index (χ3n) is 6.32. The highest BCUT2D eigenvalue weighted by Gasteiger charge is 2.26. The number of anilines is 3. The number of fused-ring (bicyclic) bond motifs is 1. The van der Waals surface area contributed by atoms with Crippen LogP contribution in [0.1, 0.15) is 20.8 Å². The molecule has 2 aromatic heterocycles. The zero-order valence-electron chi connectivity index (χ0n) is 21.9. The molecular formula is C28H29FN6O4. The number of hydrogen-bond acceptors (Lipinski definition) is 7. The molecule has 202 valence electrons. The molecule has 0 unspecified atom stereocenters. The molecule has 0 aliphatic carbocycles. The van der Waals surface area contributed by atoms with Gasteiger partial charge in [-0.15, -0.1) is 0 Å². The Hall–Kier alpha value is -4.67. The lowest BCUT2D eigenvalue weighted by Crippen LogP contribution is -2.50. The number of nitrogens with zero attached hydrogens (tertiary/aromatic N) is 5. The Balaban J connectivity index is 1.28. The molecule has 11 heteroatoms. The van der Waals surface area contributed by atoms with E-state index in [9.17, 15) is 19.1 Å². The van der Waals surface area contributed by atoms with Gasteiger partial charge in [-0.25, -0.2) is 23.9 Å². The zero-order valence-corrected chi connectivity index (χ0v) is 21.9. The summed E-state index contributed by atoms with van der Waals surface area (Å²) in [5.41, 5.74) is 2.59. The molecule has 1 saturated heterocycles. The van der Waals surface area contributed by atoms with E-state index in [4.69, 9.17) is 4.74 Å². The summed E-state index contributed by atoms with van der Waals surface area (Å²) in [7, 11) is 0. The van der Waals surface area contributed by atoms with Gasteiger partial charge in [-0.3, -0.25) is 4.57 Å². The number of carboxylic acid groups (broad SMARTS) is 1. The maximum atomic E-state index is 14.0. The molecule has 0 bridgehead atoms. The van der Waals surface area contributed by atoms with Crippen molar-refractivity contribution in [3.8, 4) is 11.3 Å². The summed E-state index contributed by atoms with van der Waals surface area (Å²) in [6.45, 7) is 8.13. The largest absolute Gasteiger partial charge is 0.464 e. The number of carbonyl (C=O) groups is 2. The standard InChI is InChI=1S/C28H29FN6O4/c1-28(2,3)39-27(38)34-14-12-33(13-15-34)20-7-5-19(6-8-20)31-25-30-11-10-23(32-25)22-17-35(26(36)37)24-9-4-18(29)16-21(22)24/h4-11,16-17H,12-15H2,1-3H3,(H,36,37)(H,30,31,32). The van der Waals surface area contributed by atoms with Gasteiger partial charge in [-0.2, -0.15) is 0 Å². The maximum Gasteiger partial charge on any atom is 0.416 e. The van der Waals surface area contributed by atoms with Crippen LogP contribution in [0.2, 0.25) is 0 Å². The first-order valence-electron chi connectivity index (χ1n) is 12.5. The number of amides is 1. The molecule has 0 saturated carbocycles. The fourth-order valence-electron chi connectivity index (χ4n) is 4.49. The van der Waals surface area contributed by atoms with Crippen molar-refractivity contribution in [3.05, 3.63) is 66.7 Å². The fourth-order valence-corrected chi connectivity index (χ4v) is 4.49. The second-order valence-electron chi connectivity index (χ2n) is 10.2. The van der Waals surface area contributed by atoms with E-state index in [1.54, 1.807) is 17.2 Å². The Labute approximate surface area is 224 Å². The number of rotatable bonds is 4. The van der Waals surface area contributed by atoms with Crippen molar-refractivity contribution in [2.24, 2.45) is 0 Å². The summed E-state index contributed by atoms with van der Waals surface area (Å²) < 4.78 is 20.5. The van der Waals surface area contributed by atoms with E-state index < -0.39 is 17.5 Å². The monoisotopic (exact) mass is 532 g/mol. The molecule has 4 aromatic rings. The van der Waals surface area contributed by atoms with Gasteiger partial charge in [0.25, 0.3) is 0 Å². The van der Waals surface area contributed by atoms with Crippen molar-refractivity contribution < 1.29 is 23.8 Å². The molecule has 0 atom stereocenters. The second-order valence-corrected chi connectivity index (χ2v) is 10.2. The number of ether oxygens (including phenoxy) is 1. The Bertz CT molecular complexity index is 1520. The molecule has 1 fully saturated rings. The van der Waals surface area contributed by atoms with Gasteiger partial charge in [0.2, 0.25) is 5.95 Å². The SMILES string of the molecule is CC(C)(C)OC(=O)N1CCN(c2ccc(Nc3nccc(-c4cn(C(=O)O)c5ccc(F)cc45)n3)cc2)CC1. The van der Waals surface area contributed by atoms with Crippen LogP contribution in [0.5, 0.6) is 0 Å². The first kappa shape index (κ1) is 26.0. The molecule has 0 radical (unpaired) electrons. The third kappa shape index (κ3) is 5.77. The lowest BCUT2D eigenvalue weighted by atomic mass is 10.1. The quantitative estimate of drug-likeness (QED) is 0.351. The van der Waals surface area contributed by atoms with Crippen molar-refractivity contribution >= 4 is 40.4 Å². The number of aromatic nitrogens is 3. The zero-order chi connectivity index (χ0) is 27.7. The average Bonchev–Trinajstić information content (AvgIpc) is 3.27. The van der Waals surface area contributed by atoms with Crippen LogP contribution in [0.15, 0.2) is 60.9 Å². The molecule has 0 spiro atoms. The molecule has 1 aliphatic rings. The minimum absolute atomic E-state index is 0.290. The number of halogens is 1. The van der Waals surface area contributed by atoms with E-state index >= 15 is 0 Å². The van der Waals surface area contributed by atoms with Crippen LogP contribution in [-0.4, -0.2) is 68.5 Å². The number of benzene rings is 2. The lowest BCUT2D eigenvalue weighted by Gasteiger charge is -2.36. The van der Waals surface area contributed by atoms with Gasteiger partial charge in [0.05, 0.1) is 11.2 Å². The smallest absolute Gasteiger partial charge is 0.416 e. The van der Waals surface area contributed by atoms with Gasteiger partial charge in [0, 0.05) is 60.9 Å². The molecule has 5 rings (SSSR count). The van der Waals surface area contributed by atoms with Crippen molar-refractivity contribution in [1.82, 2.24) is 19.4 Å². The van der Waals surface area contributed by atoms with E-state index in [0.717, 1.165) is 15.9 Å². The topological polar surface area (TPSA) is 113 Å². The summed E-state index contributed by atoms with van der Waals surface area (Å²) in [5, 5.41) is 13.2. The van der Waals surface area contributed by atoms with E-state index in [2.05, 4.69) is 20.2 Å². The summed E-state index contributed by atoms with van der Waals surface area (Å²) in [6, 6.07) is 13.4. The van der Waals surface area contributed by atoms with E-state index in [0.29, 0.717) is 54.3 Å². The van der Waals surface area contributed by atoms with Gasteiger partial charge in [-0.1, -0.05) is 0 Å². The van der Waals surface area contributed by atoms with Crippen LogP contribution < -0.4 is 10.2 Å². The molecule has 2 aromatic carbocycles. The Morgan fingerprint density at radius 2 is 1.74 bits per heavy atom. The fraction of sp³-hybridized carbons (Fsp3) is 0.286. The first-order chi connectivity index (χ1) is 18.6. The normalized spacial score (nSPS) is 13.9. The number of piperazine rings is 1. The number of nitrogens with one attached hydrogen (secondary N) is 1. The van der Waals surface area contributed by atoms with Crippen LogP contribution >= 0.6 is 0 Å². The maximum absolute atomic E-state index is 14.0. The highest BCUT2D eigenvalue weighted by atomic mass is 19.1. The predicted octanol–water partition coefficient (Wildman–Crippen LogP) is 5.56. The van der Waals surface area contributed by atoms with E-state index in [1.165, 1.54) is 24.4 Å². The third-order valence-corrected chi connectivity index (χ3v) is 6.32. The van der Waals surface area contributed by atoms with Crippen molar-refractivity contribution in [1.29, 1.82) is 0 Å². The summed E-state index contributed by atoms with van der Waals surface area (Å²) in [6.07, 6.45) is 1.53. The van der Waals surface area contributed by atoms with Gasteiger partial charge in [0.1, 0.15) is 11.4 Å². The van der Waals surface area contributed by atoms with Crippen molar-refractivity contribution in [2.45, 2.75) is 26.4 Å². The summed E-state index contributed by atoms with van der Waals surface area (Å²) in [4.78, 5) is 36.8. The molecule has 1 amide bonds. The van der Waals surface area contributed by atoms with Crippen molar-refractivity contribution in [2.75, 3.05) is 36.4 Å². The molecule has 2 N–H and O–H groups in total. The highest BCUT2D eigenvalue weighted by Crippen LogP contribution is 2.31. The second kappa shape index (κ2) is 10.2. The minimum Gasteiger partial charge on any atom is -0.464 e. The molecule has 39 heavy (non-hydrogen) atoms. The van der Waals surface area contributed by atoms with E-state index in [1.807, 2.05) is 45.0 Å². The number of hydrogen-bond donors (Lipinski definition) is 2. The lowest BCUT2D eigenvalue weighted by molar-refractivity contribution is 0.0240. The van der Waals surface area contributed by atoms with Gasteiger partial charge in [-0.05, 0) is 69.3 Å². The molecular weight excluding hydrogens is 503 g/mol. The minimum atomic E-state index is -1.17. The first-order valence-corrected chi connectivity index (χ1v) is 12.5. The Kier molecular flexibility index (Phi) is 6.81. The molecule has 1 aliphatic heterocycles. The van der Waals surface area contributed by atoms with Crippen LogP contribution in [0.3, 0.4) is 0 Å². The van der Waals surface area contributed by atoms with Crippen LogP contribution in [0.25, 0.3) is 22.2 Å². The summed E-state index contributed by atoms with van der Waals surface area (Å²) in [5.74, 6) is -0.149.